The molecule has 7 nitrogen and oxygen atoms in total. The molecule has 0 saturated heterocycles. The van der Waals surface area contributed by atoms with Gasteiger partial charge >= 0.3 is 0 Å². The molecule has 0 radical (unpaired) electrons. The molecule has 0 aromatic heterocycles. The van der Waals surface area contributed by atoms with Crippen LogP contribution in [0.15, 0.2) is 52.0 Å². The first-order valence-electron chi connectivity index (χ1n) is 8.98. The lowest BCUT2D eigenvalue weighted by atomic mass is 10.2. The van der Waals surface area contributed by atoms with E-state index < -0.39 is 5.91 Å². The zero-order chi connectivity index (χ0) is 21.2. The Bertz CT molecular complexity index is 882. The van der Waals surface area contributed by atoms with Gasteiger partial charge in [0.2, 0.25) is 5.91 Å². The number of nitrogens with one attached hydrogen (secondary N) is 2. The fourth-order valence-electron chi connectivity index (χ4n) is 2.33. The molecule has 0 aliphatic rings. The number of ether oxygens (including phenoxy) is 2. The van der Waals surface area contributed by atoms with Crippen LogP contribution in [-0.2, 0) is 16.1 Å². The highest BCUT2D eigenvalue weighted by Crippen LogP contribution is 2.25. The van der Waals surface area contributed by atoms with Crippen LogP contribution in [-0.4, -0.2) is 31.2 Å². The van der Waals surface area contributed by atoms with E-state index in [0.717, 1.165) is 21.3 Å². The molecule has 0 bridgehead atoms. The molecule has 2 aromatic carbocycles. The molecule has 2 rings (SSSR count). The quantitative estimate of drug-likeness (QED) is 0.442. The van der Waals surface area contributed by atoms with Gasteiger partial charge in [-0.3, -0.25) is 9.59 Å². The topological polar surface area (TPSA) is 89.0 Å². The monoisotopic (exact) mass is 461 g/mol. The van der Waals surface area contributed by atoms with Crippen LogP contribution >= 0.6 is 15.9 Å². The number of aryl methyl sites for hydroxylation is 1. The highest BCUT2D eigenvalue weighted by Gasteiger charge is 2.07. The van der Waals surface area contributed by atoms with Crippen LogP contribution in [0.5, 0.6) is 11.5 Å². The van der Waals surface area contributed by atoms with Gasteiger partial charge in [-0.15, -0.1) is 0 Å². The Labute approximate surface area is 178 Å². The summed E-state index contributed by atoms with van der Waals surface area (Å²) in [5.74, 6) is 0.744. The number of hydrazone groups is 1. The second kappa shape index (κ2) is 11.2. The normalized spacial score (nSPS) is 11.0. The van der Waals surface area contributed by atoms with Gasteiger partial charge in [0.25, 0.3) is 5.91 Å². The van der Waals surface area contributed by atoms with Gasteiger partial charge in [0.15, 0.2) is 6.61 Å². The summed E-state index contributed by atoms with van der Waals surface area (Å²) >= 11 is 3.39. The molecule has 0 heterocycles. The molecule has 154 valence electrons. The first-order chi connectivity index (χ1) is 13.9. The second-order valence-electron chi connectivity index (χ2n) is 6.41. The minimum atomic E-state index is -0.407. The lowest BCUT2D eigenvalue weighted by Gasteiger charge is -2.08. The van der Waals surface area contributed by atoms with Gasteiger partial charge in [-0.25, -0.2) is 5.43 Å². The SMILES string of the molecule is COc1ccc(CNC(=O)C/C(C)=N\NC(=O)COc2ccc(C)cc2Br)cc1. The summed E-state index contributed by atoms with van der Waals surface area (Å²) in [7, 11) is 1.60. The fraction of sp³-hybridized carbons (Fsp3) is 0.286. The van der Waals surface area contributed by atoms with Crippen molar-refractivity contribution in [3.63, 3.8) is 0 Å². The summed E-state index contributed by atoms with van der Waals surface area (Å²) in [6.07, 6.45) is 0.0841. The molecule has 29 heavy (non-hydrogen) atoms. The molecule has 2 amide bonds. The number of methoxy groups -OCH3 is 1. The third-order valence-corrected chi connectivity index (χ3v) is 4.50. The lowest BCUT2D eigenvalue weighted by Crippen LogP contribution is -2.28. The van der Waals surface area contributed by atoms with E-state index in [1.807, 2.05) is 43.3 Å². The van der Waals surface area contributed by atoms with E-state index in [1.54, 1.807) is 20.1 Å². The standard InChI is InChI=1S/C21H24BrN3O4/c1-14-4-9-19(18(22)10-14)29-13-21(27)25-24-15(2)11-20(26)23-12-16-5-7-17(28-3)8-6-16/h4-10H,11-13H2,1-3H3,(H,23,26)(H,25,27)/b24-15-. The Morgan fingerprint density at radius 1 is 1.10 bits per heavy atom. The van der Waals surface area contributed by atoms with E-state index >= 15 is 0 Å². The van der Waals surface area contributed by atoms with Gasteiger partial charge in [0, 0.05) is 12.3 Å². The average molecular weight is 462 g/mol. The fourth-order valence-corrected chi connectivity index (χ4v) is 2.94. The van der Waals surface area contributed by atoms with Crippen molar-refractivity contribution < 1.29 is 19.1 Å². The number of carbonyl (C=O) groups excluding carboxylic acids is 2. The summed E-state index contributed by atoms with van der Waals surface area (Å²) in [4.78, 5) is 23.9. The van der Waals surface area contributed by atoms with Crippen LogP contribution in [0.2, 0.25) is 0 Å². The zero-order valence-corrected chi connectivity index (χ0v) is 18.2. The Balaban J connectivity index is 1.72. The van der Waals surface area contributed by atoms with E-state index in [4.69, 9.17) is 9.47 Å². The molecular weight excluding hydrogens is 438 g/mol. The van der Waals surface area contributed by atoms with Crippen molar-refractivity contribution in [3.8, 4) is 11.5 Å². The van der Waals surface area contributed by atoms with Crippen LogP contribution in [0.25, 0.3) is 0 Å². The predicted molar refractivity (Wildman–Crippen MR) is 115 cm³/mol. The van der Waals surface area contributed by atoms with Crippen molar-refractivity contribution in [3.05, 3.63) is 58.1 Å². The minimum Gasteiger partial charge on any atom is -0.497 e. The molecule has 8 heteroatoms. The molecule has 0 unspecified atom stereocenters. The van der Waals surface area contributed by atoms with Gasteiger partial charge in [-0.1, -0.05) is 18.2 Å². The Hall–Kier alpha value is -2.87. The number of hydrogen-bond donors (Lipinski definition) is 2. The van der Waals surface area contributed by atoms with Crippen molar-refractivity contribution in [1.29, 1.82) is 0 Å². The molecule has 0 saturated carbocycles. The highest BCUT2D eigenvalue weighted by atomic mass is 79.9. The highest BCUT2D eigenvalue weighted by molar-refractivity contribution is 9.10. The molecule has 0 aliphatic heterocycles. The zero-order valence-electron chi connectivity index (χ0n) is 16.6. The van der Waals surface area contributed by atoms with Gasteiger partial charge < -0.3 is 14.8 Å². The largest absolute Gasteiger partial charge is 0.497 e. The first-order valence-corrected chi connectivity index (χ1v) is 9.77. The van der Waals surface area contributed by atoms with Crippen molar-refractivity contribution >= 4 is 33.5 Å². The number of benzene rings is 2. The maximum Gasteiger partial charge on any atom is 0.277 e. The summed E-state index contributed by atoms with van der Waals surface area (Å²) in [6.45, 7) is 3.86. The van der Waals surface area contributed by atoms with Crippen LogP contribution in [0.4, 0.5) is 0 Å². The summed E-state index contributed by atoms with van der Waals surface area (Å²) in [6, 6.07) is 13.0. The van der Waals surface area contributed by atoms with Crippen molar-refractivity contribution in [2.24, 2.45) is 5.10 Å². The van der Waals surface area contributed by atoms with E-state index in [-0.39, 0.29) is 18.9 Å². The van der Waals surface area contributed by atoms with Crippen LogP contribution in [0.3, 0.4) is 0 Å². The predicted octanol–water partition coefficient (Wildman–Crippen LogP) is 3.34. The number of rotatable bonds is 9. The van der Waals surface area contributed by atoms with Crippen LogP contribution < -0.4 is 20.2 Å². The minimum absolute atomic E-state index is 0.0841. The Kier molecular flexibility index (Phi) is 8.67. The molecule has 2 N–H and O–H groups in total. The molecule has 2 aromatic rings. The Morgan fingerprint density at radius 2 is 1.83 bits per heavy atom. The first kappa shape index (κ1) is 22.4. The van der Waals surface area contributed by atoms with Crippen molar-refractivity contribution in [2.75, 3.05) is 13.7 Å². The van der Waals surface area contributed by atoms with Crippen molar-refractivity contribution in [1.82, 2.24) is 10.7 Å². The van der Waals surface area contributed by atoms with E-state index in [9.17, 15) is 9.59 Å². The maximum atomic E-state index is 12.0. The third-order valence-electron chi connectivity index (χ3n) is 3.88. The number of nitrogens with zero attached hydrogens (tertiary/aromatic N) is 1. The van der Waals surface area contributed by atoms with Crippen LogP contribution in [0.1, 0.15) is 24.5 Å². The van der Waals surface area contributed by atoms with Gasteiger partial charge in [-0.2, -0.15) is 5.10 Å². The summed E-state index contributed by atoms with van der Waals surface area (Å²) < 4.78 is 11.3. The molecule has 0 fully saturated rings. The number of amides is 2. The number of carbonyl (C=O) groups is 2. The molecule has 0 atom stereocenters. The summed E-state index contributed by atoms with van der Waals surface area (Å²) in [5, 5.41) is 6.75. The second-order valence-corrected chi connectivity index (χ2v) is 7.26. The number of halogens is 1. The molecule has 0 aliphatic carbocycles. The van der Waals surface area contributed by atoms with Crippen molar-refractivity contribution in [2.45, 2.75) is 26.8 Å². The molecular formula is C21H24BrN3O4. The van der Waals surface area contributed by atoms with E-state index in [1.165, 1.54) is 0 Å². The smallest absolute Gasteiger partial charge is 0.277 e. The molecule has 0 spiro atoms. The van der Waals surface area contributed by atoms with E-state index in [0.29, 0.717) is 18.0 Å². The van der Waals surface area contributed by atoms with E-state index in [2.05, 4.69) is 31.8 Å². The summed E-state index contributed by atoms with van der Waals surface area (Å²) in [5.41, 5.74) is 4.92. The van der Waals surface area contributed by atoms with Gasteiger partial charge in [-0.05, 0) is 65.2 Å². The number of hydrogen-bond acceptors (Lipinski definition) is 5. The lowest BCUT2D eigenvalue weighted by molar-refractivity contribution is -0.123. The van der Waals surface area contributed by atoms with Gasteiger partial charge in [0.1, 0.15) is 11.5 Å². The maximum absolute atomic E-state index is 12.0. The van der Waals surface area contributed by atoms with Gasteiger partial charge in [0.05, 0.1) is 18.0 Å². The third kappa shape index (κ3) is 7.95. The Morgan fingerprint density at radius 3 is 2.48 bits per heavy atom. The van der Waals surface area contributed by atoms with Crippen LogP contribution in [0, 0.1) is 6.92 Å². The average Bonchev–Trinajstić information content (AvgIpc) is 2.70.